The van der Waals surface area contributed by atoms with E-state index in [2.05, 4.69) is 0 Å². The lowest BCUT2D eigenvalue weighted by Crippen LogP contribution is -2.26. The number of Topliss-reactive ketones (excluding diaryl/α,β-unsaturated/α-hetero) is 1. The Labute approximate surface area is 131 Å². The highest BCUT2D eigenvalue weighted by molar-refractivity contribution is 5.98. The van der Waals surface area contributed by atoms with Crippen LogP contribution < -0.4 is 0 Å². The van der Waals surface area contributed by atoms with Gasteiger partial charge >= 0.3 is 5.97 Å². The zero-order valence-electron chi connectivity index (χ0n) is 13.1. The van der Waals surface area contributed by atoms with Crippen LogP contribution in [0.5, 0.6) is 0 Å². The Bertz CT molecular complexity index is 409. The predicted molar refractivity (Wildman–Crippen MR) is 81.5 cm³/mol. The van der Waals surface area contributed by atoms with E-state index in [9.17, 15) is 9.59 Å². The maximum atomic E-state index is 12.0. The van der Waals surface area contributed by atoms with Crippen molar-refractivity contribution in [3.63, 3.8) is 0 Å². The Morgan fingerprint density at radius 3 is 2.82 bits per heavy atom. The smallest absolute Gasteiger partial charge is 0.303 e. The molecule has 2 atom stereocenters. The zero-order valence-corrected chi connectivity index (χ0v) is 13.1. The number of ketones is 1. The molecule has 1 unspecified atom stereocenters. The number of unbranched alkanes of at least 4 members (excludes halogenated alkanes) is 3. The summed E-state index contributed by atoms with van der Waals surface area (Å²) < 4.78 is 11.4. The molecule has 1 heterocycles. The van der Waals surface area contributed by atoms with Gasteiger partial charge in [-0.05, 0) is 50.2 Å². The molecule has 0 aromatic carbocycles. The molecule has 0 amide bonds. The van der Waals surface area contributed by atoms with E-state index in [0.29, 0.717) is 12.8 Å². The number of hydrogen-bond donors (Lipinski definition) is 1. The lowest BCUT2D eigenvalue weighted by Gasteiger charge is -2.24. The molecule has 1 fully saturated rings. The minimum atomic E-state index is -0.737. The summed E-state index contributed by atoms with van der Waals surface area (Å²) in [5.74, 6) is -0.551. The highest BCUT2D eigenvalue weighted by Crippen LogP contribution is 2.25. The van der Waals surface area contributed by atoms with Gasteiger partial charge in [-0.25, -0.2) is 0 Å². The van der Waals surface area contributed by atoms with Gasteiger partial charge in [0, 0.05) is 19.4 Å². The van der Waals surface area contributed by atoms with Crippen molar-refractivity contribution >= 4 is 11.8 Å². The number of ether oxygens (including phenoxy) is 2. The predicted octanol–water partition coefficient (Wildman–Crippen LogP) is 3.22. The first-order valence-corrected chi connectivity index (χ1v) is 8.38. The van der Waals surface area contributed by atoms with Gasteiger partial charge < -0.3 is 14.6 Å². The van der Waals surface area contributed by atoms with Crippen LogP contribution in [-0.2, 0) is 19.1 Å². The van der Waals surface area contributed by atoms with Crippen LogP contribution in [0.3, 0.4) is 0 Å². The minimum absolute atomic E-state index is 0.127. The molecule has 5 nitrogen and oxygen atoms in total. The second kappa shape index (κ2) is 9.06. The maximum Gasteiger partial charge on any atom is 0.303 e. The first-order valence-electron chi connectivity index (χ1n) is 8.38. The number of carboxylic acid groups (broad SMARTS) is 1. The van der Waals surface area contributed by atoms with Crippen molar-refractivity contribution in [3.05, 3.63) is 11.6 Å². The molecule has 0 aromatic heterocycles. The molecule has 0 spiro atoms. The van der Waals surface area contributed by atoms with Gasteiger partial charge in [0.2, 0.25) is 0 Å². The molecule has 22 heavy (non-hydrogen) atoms. The second-order valence-electron chi connectivity index (χ2n) is 6.10. The topological polar surface area (TPSA) is 72.8 Å². The van der Waals surface area contributed by atoms with E-state index < -0.39 is 5.97 Å². The molecule has 0 bridgehead atoms. The van der Waals surface area contributed by atoms with Gasteiger partial charge in [0.25, 0.3) is 0 Å². The first-order chi connectivity index (χ1) is 10.6. The van der Waals surface area contributed by atoms with Gasteiger partial charge in [0.1, 0.15) is 0 Å². The number of carbonyl (C=O) groups excluding carboxylic acids is 1. The van der Waals surface area contributed by atoms with Crippen molar-refractivity contribution in [1.82, 2.24) is 0 Å². The zero-order chi connectivity index (χ0) is 15.8. The number of aliphatic carboxylic acids is 1. The van der Waals surface area contributed by atoms with Crippen molar-refractivity contribution in [2.75, 3.05) is 6.61 Å². The summed E-state index contributed by atoms with van der Waals surface area (Å²) in [5.41, 5.74) is 0.874. The van der Waals surface area contributed by atoms with Gasteiger partial charge in [0.15, 0.2) is 12.1 Å². The summed E-state index contributed by atoms with van der Waals surface area (Å²) in [6, 6.07) is 0. The summed E-state index contributed by atoms with van der Waals surface area (Å²) in [6.45, 7) is 0.748. The van der Waals surface area contributed by atoms with Crippen LogP contribution in [0, 0.1) is 0 Å². The van der Waals surface area contributed by atoms with Crippen molar-refractivity contribution in [1.29, 1.82) is 0 Å². The maximum absolute atomic E-state index is 12.0. The molecular weight excluding hydrogens is 284 g/mol. The molecule has 1 N–H and O–H groups in total. The summed E-state index contributed by atoms with van der Waals surface area (Å²) >= 11 is 0. The molecule has 0 radical (unpaired) electrons. The van der Waals surface area contributed by atoms with Crippen molar-refractivity contribution in [2.24, 2.45) is 0 Å². The third-order valence-corrected chi connectivity index (χ3v) is 4.18. The van der Waals surface area contributed by atoms with Gasteiger partial charge in [-0.3, -0.25) is 9.59 Å². The molecule has 1 aliphatic carbocycles. The van der Waals surface area contributed by atoms with E-state index in [1.807, 2.05) is 6.08 Å². The Morgan fingerprint density at radius 2 is 2.09 bits per heavy atom. The van der Waals surface area contributed by atoms with E-state index in [0.717, 1.165) is 57.1 Å². The van der Waals surface area contributed by atoms with Crippen molar-refractivity contribution in [2.45, 2.75) is 76.6 Å². The Balaban J connectivity index is 1.63. The van der Waals surface area contributed by atoms with Crippen LogP contribution in [0.4, 0.5) is 0 Å². The average Bonchev–Trinajstić information content (AvgIpc) is 2.83. The lowest BCUT2D eigenvalue weighted by molar-refractivity contribution is -0.178. The molecule has 2 rings (SSSR count). The van der Waals surface area contributed by atoms with E-state index in [-0.39, 0.29) is 24.6 Å². The number of carboxylic acids is 1. The quantitative estimate of drug-likeness (QED) is 0.662. The largest absolute Gasteiger partial charge is 0.481 e. The Morgan fingerprint density at radius 1 is 1.27 bits per heavy atom. The van der Waals surface area contributed by atoms with E-state index in [1.54, 1.807) is 0 Å². The summed E-state index contributed by atoms with van der Waals surface area (Å²) in [6.07, 6.45) is 9.77. The van der Waals surface area contributed by atoms with Crippen LogP contribution in [0.1, 0.15) is 64.2 Å². The highest BCUT2D eigenvalue weighted by atomic mass is 16.7. The second-order valence-corrected chi connectivity index (χ2v) is 6.10. The Hall–Kier alpha value is -1.20. The summed E-state index contributed by atoms with van der Waals surface area (Å²) in [4.78, 5) is 22.4. The van der Waals surface area contributed by atoms with Crippen LogP contribution >= 0.6 is 0 Å². The third kappa shape index (κ3) is 5.89. The van der Waals surface area contributed by atoms with Gasteiger partial charge in [-0.1, -0.05) is 12.8 Å². The SMILES string of the molecule is O=C(O)CCCCCCC1=CC(O[C@@H]2CCCCO2)CC1=O. The molecule has 5 heteroatoms. The van der Waals surface area contributed by atoms with Gasteiger partial charge in [-0.2, -0.15) is 0 Å². The molecule has 0 saturated carbocycles. The average molecular weight is 310 g/mol. The minimum Gasteiger partial charge on any atom is -0.481 e. The fraction of sp³-hybridized carbons (Fsp3) is 0.765. The van der Waals surface area contributed by atoms with Gasteiger partial charge in [-0.15, -0.1) is 0 Å². The van der Waals surface area contributed by atoms with Crippen LogP contribution in [-0.4, -0.2) is 35.9 Å². The number of hydrogen-bond acceptors (Lipinski definition) is 4. The van der Waals surface area contributed by atoms with E-state index in [1.165, 1.54) is 0 Å². The first kappa shape index (κ1) is 17.2. The standard InChI is InChI=1S/C17H26O5/c18-15-12-14(22-17-9-5-6-10-21-17)11-13(15)7-3-1-2-4-8-16(19)20/h11,14,17H,1-10,12H2,(H,19,20)/t14?,17-/m1/s1. The molecular formula is C17H26O5. The molecule has 0 aromatic rings. The fourth-order valence-corrected chi connectivity index (χ4v) is 2.96. The summed E-state index contributed by atoms with van der Waals surface area (Å²) in [7, 11) is 0. The third-order valence-electron chi connectivity index (χ3n) is 4.18. The lowest BCUT2D eigenvalue weighted by atomic mass is 10.0. The van der Waals surface area contributed by atoms with E-state index >= 15 is 0 Å². The molecule has 1 saturated heterocycles. The molecule has 124 valence electrons. The van der Waals surface area contributed by atoms with Crippen molar-refractivity contribution < 1.29 is 24.2 Å². The highest BCUT2D eigenvalue weighted by Gasteiger charge is 2.27. The van der Waals surface area contributed by atoms with Gasteiger partial charge in [0.05, 0.1) is 6.10 Å². The van der Waals surface area contributed by atoms with Crippen LogP contribution in [0.2, 0.25) is 0 Å². The number of carbonyl (C=O) groups is 2. The fourth-order valence-electron chi connectivity index (χ4n) is 2.96. The van der Waals surface area contributed by atoms with Crippen LogP contribution in [0.15, 0.2) is 11.6 Å². The monoisotopic (exact) mass is 310 g/mol. The Kier molecular flexibility index (Phi) is 7.06. The van der Waals surface area contributed by atoms with Crippen molar-refractivity contribution in [3.8, 4) is 0 Å². The number of rotatable bonds is 9. The van der Waals surface area contributed by atoms with Crippen LogP contribution in [0.25, 0.3) is 0 Å². The molecule has 1 aliphatic heterocycles. The summed E-state index contributed by atoms with van der Waals surface area (Å²) in [5, 5.41) is 8.56. The number of allylic oxidation sites excluding steroid dienone is 1. The van der Waals surface area contributed by atoms with E-state index in [4.69, 9.17) is 14.6 Å². The normalized spacial score (nSPS) is 25.3. The molecule has 2 aliphatic rings.